The van der Waals surface area contributed by atoms with Crippen molar-refractivity contribution in [2.24, 2.45) is 0 Å². The molecule has 0 spiro atoms. The fraction of sp³-hybridized carbons (Fsp3) is 0.600. The number of ether oxygens (including phenoxy) is 1. The van der Waals surface area contributed by atoms with E-state index in [1.54, 1.807) is 6.26 Å². The van der Waals surface area contributed by atoms with Crippen LogP contribution in [-0.2, 0) is 10.8 Å². The molecule has 1 rings (SSSR count). The highest BCUT2D eigenvalue weighted by molar-refractivity contribution is 7.84. The van der Waals surface area contributed by atoms with Crippen molar-refractivity contribution in [2.75, 3.05) is 31.7 Å². The summed E-state index contributed by atoms with van der Waals surface area (Å²) in [5.74, 6) is 1.51. The van der Waals surface area contributed by atoms with Crippen molar-refractivity contribution in [1.29, 1.82) is 0 Å². The molecule has 0 aliphatic rings. The SMILES string of the molecule is Cc1ccc(OCC(O)CNCCCS(C)=O)c(C)c1. The van der Waals surface area contributed by atoms with Gasteiger partial charge in [-0.25, -0.2) is 0 Å². The Morgan fingerprint density at radius 3 is 2.80 bits per heavy atom. The molecule has 5 heteroatoms. The molecule has 2 unspecified atom stereocenters. The van der Waals surface area contributed by atoms with Crippen LogP contribution in [0.15, 0.2) is 18.2 Å². The molecule has 1 aromatic carbocycles. The number of nitrogens with one attached hydrogen (secondary N) is 1. The minimum atomic E-state index is -0.740. The molecular weight excluding hydrogens is 274 g/mol. The van der Waals surface area contributed by atoms with Crippen molar-refractivity contribution in [3.8, 4) is 5.75 Å². The Hall–Kier alpha value is -0.910. The van der Waals surface area contributed by atoms with Crippen LogP contribution in [-0.4, -0.2) is 47.1 Å². The van der Waals surface area contributed by atoms with E-state index < -0.39 is 16.9 Å². The molecule has 4 nitrogen and oxygen atoms in total. The van der Waals surface area contributed by atoms with Crippen LogP contribution in [0.25, 0.3) is 0 Å². The topological polar surface area (TPSA) is 58.6 Å². The Balaban J connectivity index is 2.19. The fourth-order valence-electron chi connectivity index (χ4n) is 1.88. The number of aliphatic hydroxyl groups excluding tert-OH is 1. The third-order valence-electron chi connectivity index (χ3n) is 2.93. The molecule has 2 N–H and O–H groups in total. The predicted octanol–water partition coefficient (Wildman–Crippen LogP) is 1.40. The van der Waals surface area contributed by atoms with E-state index in [1.165, 1.54) is 5.56 Å². The van der Waals surface area contributed by atoms with Crippen LogP contribution < -0.4 is 10.1 Å². The van der Waals surface area contributed by atoms with Crippen LogP contribution in [0.1, 0.15) is 17.5 Å². The highest BCUT2D eigenvalue weighted by atomic mass is 32.2. The highest BCUT2D eigenvalue weighted by Gasteiger charge is 2.06. The normalized spacial score (nSPS) is 14.0. The molecule has 2 atom stereocenters. The van der Waals surface area contributed by atoms with Gasteiger partial charge in [0.15, 0.2) is 0 Å². The molecule has 0 saturated carbocycles. The van der Waals surface area contributed by atoms with Crippen LogP contribution in [0.2, 0.25) is 0 Å². The molecule has 20 heavy (non-hydrogen) atoms. The van der Waals surface area contributed by atoms with E-state index in [0.717, 1.165) is 24.3 Å². The minimum absolute atomic E-state index is 0.274. The Morgan fingerprint density at radius 1 is 1.40 bits per heavy atom. The molecule has 0 fully saturated rings. The summed E-state index contributed by atoms with van der Waals surface area (Å²) in [4.78, 5) is 0. The predicted molar refractivity (Wildman–Crippen MR) is 83.8 cm³/mol. The summed E-state index contributed by atoms with van der Waals surface area (Å²) in [7, 11) is -0.740. The van der Waals surface area contributed by atoms with Gasteiger partial charge in [-0.05, 0) is 38.4 Å². The molecule has 0 bridgehead atoms. The van der Waals surface area contributed by atoms with Gasteiger partial charge in [0.2, 0.25) is 0 Å². The first-order chi connectivity index (χ1) is 9.49. The molecule has 114 valence electrons. The van der Waals surface area contributed by atoms with E-state index >= 15 is 0 Å². The molecule has 0 aliphatic carbocycles. The van der Waals surface area contributed by atoms with Gasteiger partial charge in [0.1, 0.15) is 18.5 Å². The standard InChI is InChI=1S/C15H25NO3S/c1-12-5-6-15(13(2)9-12)19-11-14(17)10-16-7-4-8-20(3)18/h5-6,9,14,16-17H,4,7-8,10-11H2,1-3H3. The van der Waals surface area contributed by atoms with Gasteiger partial charge in [-0.1, -0.05) is 17.7 Å². The largest absolute Gasteiger partial charge is 0.491 e. The van der Waals surface area contributed by atoms with Gasteiger partial charge < -0.3 is 15.2 Å². The van der Waals surface area contributed by atoms with Gasteiger partial charge in [-0.2, -0.15) is 0 Å². The first-order valence-corrected chi connectivity index (χ1v) is 8.60. The van der Waals surface area contributed by atoms with E-state index in [1.807, 2.05) is 26.0 Å². The lowest BCUT2D eigenvalue weighted by molar-refractivity contribution is 0.106. The number of rotatable bonds is 9. The summed E-state index contributed by atoms with van der Waals surface area (Å²) in [6.45, 7) is 5.56. The average Bonchev–Trinajstić information content (AvgIpc) is 2.37. The third kappa shape index (κ3) is 7.03. The quantitative estimate of drug-likeness (QED) is 0.677. The summed E-state index contributed by atoms with van der Waals surface area (Å²) >= 11 is 0. The summed E-state index contributed by atoms with van der Waals surface area (Å²) in [6, 6.07) is 5.99. The first kappa shape index (κ1) is 17.1. The monoisotopic (exact) mass is 299 g/mol. The Morgan fingerprint density at radius 2 is 2.15 bits per heavy atom. The molecule has 0 heterocycles. The molecule has 0 aromatic heterocycles. The van der Waals surface area contributed by atoms with Crippen molar-refractivity contribution in [1.82, 2.24) is 5.32 Å². The maximum absolute atomic E-state index is 10.9. The second-order valence-corrected chi connectivity index (χ2v) is 6.62. The van der Waals surface area contributed by atoms with E-state index in [0.29, 0.717) is 12.3 Å². The van der Waals surface area contributed by atoms with Crippen molar-refractivity contribution in [3.05, 3.63) is 29.3 Å². The second kappa shape index (κ2) is 9.10. The molecule has 0 saturated heterocycles. The Kier molecular flexibility index (Phi) is 7.80. The smallest absolute Gasteiger partial charge is 0.122 e. The van der Waals surface area contributed by atoms with Crippen molar-refractivity contribution in [2.45, 2.75) is 26.4 Å². The maximum atomic E-state index is 10.9. The Labute approximate surface area is 124 Å². The molecule has 0 amide bonds. The first-order valence-electron chi connectivity index (χ1n) is 6.88. The van der Waals surface area contributed by atoms with Crippen molar-refractivity contribution < 1.29 is 14.1 Å². The summed E-state index contributed by atoms with van der Waals surface area (Å²) < 4.78 is 16.5. The molecule has 0 radical (unpaired) electrons. The number of aliphatic hydroxyl groups is 1. The third-order valence-corrected chi connectivity index (χ3v) is 3.79. The van der Waals surface area contributed by atoms with Crippen molar-refractivity contribution in [3.63, 3.8) is 0 Å². The molecular formula is C15H25NO3S. The fourth-order valence-corrected chi connectivity index (χ4v) is 2.43. The van der Waals surface area contributed by atoms with Crippen LogP contribution >= 0.6 is 0 Å². The van der Waals surface area contributed by atoms with Gasteiger partial charge >= 0.3 is 0 Å². The lowest BCUT2D eigenvalue weighted by Crippen LogP contribution is -2.32. The number of aryl methyl sites for hydroxylation is 2. The lowest BCUT2D eigenvalue weighted by atomic mass is 10.1. The minimum Gasteiger partial charge on any atom is -0.491 e. The number of hydrogen-bond acceptors (Lipinski definition) is 4. The second-order valence-electron chi connectivity index (χ2n) is 5.07. The number of hydrogen-bond donors (Lipinski definition) is 2. The zero-order chi connectivity index (χ0) is 15.0. The van der Waals surface area contributed by atoms with Crippen LogP contribution in [0.4, 0.5) is 0 Å². The molecule has 0 aliphatic heterocycles. The van der Waals surface area contributed by atoms with Gasteiger partial charge in [0.05, 0.1) is 0 Å². The van der Waals surface area contributed by atoms with E-state index in [2.05, 4.69) is 11.4 Å². The Bertz CT molecular complexity index is 437. The van der Waals surface area contributed by atoms with E-state index in [9.17, 15) is 9.32 Å². The summed E-state index contributed by atoms with van der Waals surface area (Å²) in [5, 5.41) is 13.0. The van der Waals surface area contributed by atoms with E-state index in [4.69, 9.17) is 4.74 Å². The zero-order valence-electron chi connectivity index (χ0n) is 12.5. The maximum Gasteiger partial charge on any atom is 0.122 e. The summed E-state index contributed by atoms with van der Waals surface area (Å²) in [6.07, 6.45) is 2.02. The van der Waals surface area contributed by atoms with Gasteiger partial charge in [-0.3, -0.25) is 4.21 Å². The zero-order valence-corrected chi connectivity index (χ0v) is 13.3. The van der Waals surface area contributed by atoms with Crippen LogP contribution in [0.5, 0.6) is 5.75 Å². The van der Waals surface area contributed by atoms with Gasteiger partial charge in [0.25, 0.3) is 0 Å². The van der Waals surface area contributed by atoms with Gasteiger partial charge in [0, 0.05) is 29.4 Å². The average molecular weight is 299 g/mol. The number of benzene rings is 1. The highest BCUT2D eigenvalue weighted by Crippen LogP contribution is 2.18. The van der Waals surface area contributed by atoms with Crippen molar-refractivity contribution >= 4 is 10.8 Å². The van der Waals surface area contributed by atoms with E-state index in [-0.39, 0.29) is 6.61 Å². The summed E-state index contributed by atoms with van der Waals surface area (Å²) in [5.41, 5.74) is 2.28. The molecule has 1 aromatic rings. The van der Waals surface area contributed by atoms with Crippen LogP contribution in [0, 0.1) is 13.8 Å². The van der Waals surface area contributed by atoms with Gasteiger partial charge in [-0.15, -0.1) is 0 Å². The van der Waals surface area contributed by atoms with Crippen LogP contribution in [0.3, 0.4) is 0 Å². The lowest BCUT2D eigenvalue weighted by Gasteiger charge is -2.14.